The molecule has 0 aromatic rings. The van der Waals surface area contributed by atoms with Crippen LogP contribution in [0.5, 0.6) is 0 Å². The van der Waals surface area contributed by atoms with Crippen molar-refractivity contribution in [3.8, 4) is 0 Å². The summed E-state index contributed by atoms with van der Waals surface area (Å²) in [6.07, 6.45) is 7.48. The molecule has 0 aromatic carbocycles. The van der Waals surface area contributed by atoms with Gasteiger partial charge in [-0.15, -0.1) is 0 Å². The summed E-state index contributed by atoms with van der Waals surface area (Å²) >= 11 is 3.51. The average molecular weight is 192 g/mol. The summed E-state index contributed by atoms with van der Waals surface area (Å²) in [6, 6.07) is 0. The first-order chi connectivity index (χ1) is 4.27. The summed E-state index contributed by atoms with van der Waals surface area (Å²) < 4.78 is 0. The Hall–Kier alpha value is 0.480. The van der Waals surface area contributed by atoms with E-state index in [0.29, 0.717) is 4.83 Å². The Kier molecular flexibility index (Phi) is 6.95. The van der Waals surface area contributed by atoms with Gasteiger partial charge in [0.15, 0.2) is 0 Å². The predicted octanol–water partition coefficient (Wildman–Crippen LogP) is 3.55. The fraction of sp³-hybridized carbons (Fsp3) is 0.875. The zero-order valence-electron chi connectivity index (χ0n) is 6.36. The Labute approximate surface area is 67.2 Å². The summed E-state index contributed by atoms with van der Waals surface area (Å²) in [4.78, 5) is 0.686. The molecule has 1 heteroatoms. The Morgan fingerprint density at radius 3 is 2.56 bits per heavy atom. The van der Waals surface area contributed by atoms with E-state index in [0.717, 1.165) is 0 Å². The number of hydrogen-bond donors (Lipinski definition) is 0. The van der Waals surface area contributed by atoms with Crippen molar-refractivity contribution in [2.45, 2.75) is 44.4 Å². The van der Waals surface area contributed by atoms with Crippen molar-refractivity contribution in [1.29, 1.82) is 0 Å². The first kappa shape index (κ1) is 9.48. The average Bonchev–Trinajstić information content (AvgIpc) is 1.80. The van der Waals surface area contributed by atoms with Crippen LogP contribution in [0.2, 0.25) is 0 Å². The molecule has 0 saturated carbocycles. The summed E-state index contributed by atoms with van der Waals surface area (Å²) in [7, 11) is 0. The fourth-order valence-electron chi connectivity index (χ4n) is 0.696. The smallest absolute Gasteiger partial charge is 0.0117 e. The highest BCUT2D eigenvalue weighted by molar-refractivity contribution is 9.09. The number of unbranched alkanes of at least 4 members (excludes halogenated alkanes) is 3. The molecule has 55 valence electrons. The summed E-state index contributed by atoms with van der Waals surface area (Å²) in [6.45, 7) is 4.41. The molecule has 1 atom stereocenters. The van der Waals surface area contributed by atoms with Crippen LogP contribution < -0.4 is 0 Å². The summed E-state index contributed by atoms with van der Waals surface area (Å²) in [5.41, 5.74) is 0. The van der Waals surface area contributed by atoms with Crippen molar-refractivity contribution >= 4 is 15.9 Å². The molecule has 0 amide bonds. The van der Waals surface area contributed by atoms with Gasteiger partial charge in [0.1, 0.15) is 0 Å². The zero-order valence-corrected chi connectivity index (χ0v) is 7.95. The molecular weight excluding hydrogens is 176 g/mol. The van der Waals surface area contributed by atoms with E-state index in [1.165, 1.54) is 25.7 Å². The highest BCUT2D eigenvalue weighted by Gasteiger charge is 1.93. The van der Waals surface area contributed by atoms with Crippen LogP contribution in [0.25, 0.3) is 0 Å². The van der Waals surface area contributed by atoms with Gasteiger partial charge in [-0.3, -0.25) is 0 Å². The van der Waals surface area contributed by atoms with Crippen LogP contribution in [-0.4, -0.2) is 4.83 Å². The lowest BCUT2D eigenvalue weighted by Crippen LogP contribution is -1.89. The van der Waals surface area contributed by atoms with E-state index < -0.39 is 0 Å². The Morgan fingerprint density at radius 2 is 2.11 bits per heavy atom. The third kappa shape index (κ3) is 8.48. The van der Waals surface area contributed by atoms with Crippen LogP contribution in [0.3, 0.4) is 0 Å². The van der Waals surface area contributed by atoms with E-state index >= 15 is 0 Å². The monoisotopic (exact) mass is 191 g/mol. The van der Waals surface area contributed by atoms with E-state index in [2.05, 4.69) is 36.2 Å². The molecule has 0 fully saturated rings. The van der Waals surface area contributed by atoms with E-state index in [1.54, 1.807) is 0 Å². The molecule has 1 radical (unpaired) electrons. The van der Waals surface area contributed by atoms with Crippen molar-refractivity contribution in [3.63, 3.8) is 0 Å². The number of rotatable bonds is 5. The van der Waals surface area contributed by atoms with Crippen LogP contribution in [0.4, 0.5) is 0 Å². The van der Waals surface area contributed by atoms with Gasteiger partial charge >= 0.3 is 0 Å². The quantitative estimate of drug-likeness (QED) is 0.461. The molecule has 0 spiro atoms. The molecule has 0 heterocycles. The molecule has 0 aliphatic rings. The Morgan fingerprint density at radius 1 is 1.44 bits per heavy atom. The second-order valence-electron chi connectivity index (χ2n) is 2.44. The van der Waals surface area contributed by atoms with Crippen LogP contribution >= 0.6 is 15.9 Å². The van der Waals surface area contributed by atoms with Gasteiger partial charge in [-0.05, 0) is 19.3 Å². The van der Waals surface area contributed by atoms with Gasteiger partial charge in [0, 0.05) is 4.83 Å². The Bertz CT molecular complexity index is 50.5. The maximum atomic E-state index is 3.51. The minimum Gasteiger partial charge on any atom is -0.0894 e. The number of alkyl halides is 1. The van der Waals surface area contributed by atoms with E-state index in [-0.39, 0.29) is 0 Å². The van der Waals surface area contributed by atoms with E-state index in [4.69, 9.17) is 0 Å². The van der Waals surface area contributed by atoms with Crippen LogP contribution in [-0.2, 0) is 0 Å². The lowest BCUT2D eigenvalue weighted by atomic mass is 10.1. The normalized spacial score (nSPS) is 13.7. The van der Waals surface area contributed by atoms with Gasteiger partial charge in [0.2, 0.25) is 0 Å². The first-order valence-corrected chi connectivity index (χ1v) is 4.64. The third-order valence-corrected chi connectivity index (χ3v) is 1.72. The maximum Gasteiger partial charge on any atom is 0.0117 e. The molecule has 0 N–H and O–H groups in total. The van der Waals surface area contributed by atoms with Crippen molar-refractivity contribution < 1.29 is 0 Å². The fourth-order valence-corrected chi connectivity index (χ4v) is 0.960. The molecule has 0 aliphatic carbocycles. The van der Waals surface area contributed by atoms with Gasteiger partial charge in [-0.25, -0.2) is 0 Å². The molecule has 0 saturated heterocycles. The predicted molar refractivity (Wildman–Crippen MR) is 46.8 cm³/mol. The lowest BCUT2D eigenvalue weighted by Gasteiger charge is -2.00. The molecule has 0 aliphatic heterocycles. The standard InChI is InChI=1S/C8H16Br/c1-3-4-5-6-7-8(2)9/h5,8H,3-4,6-7H2,1-2H3. The van der Waals surface area contributed by atoms with Crippen molar-refractivity contribution in [2.75, 3.05) is 0 Å². The van der Waals surface area contributed by atoms with Gasteiger partial charge in [-0.2, -0.15) is 0 Å². The molecule has 9 heavy (non-hydrogen) atoms. The minimum atomic E-state index is 0.686. The summed E-state index contributed by atoms with van der Waals surface area (Å²) in [5, 5.41) is 0. The van der Waals surface area contributed by atoms with Crippen molar-refractivity contribution in [3.05, 3.63) is 6.42 Å². The minimum absolute atomic E-state index is 0.686. The van der Waals surface area contributed by atoms with E-state index in [1.807, 2.05) is 0 Å². The van der Waals surface area contributed by atoms with Gasteiger partial charge in [-0.1, -0.05) is 42.6 Å². The molecular formula is C8H16Br. The van der Waals surface area contributed by atoms with Gasteiger partial charge < -0.3 is 0 Å². The first-order valence-electron chi connectivity index (χ1n) is 3.73. The highest BCUT2D eigenvalue weighted by Crippen LogP contribution is 2.09. The topological polar surface area (TPSA) is 0 Å². The summed E-state index contributed by atoms with van der Waals surface area (Å²) in [5.74, 6) is 0. The van der Waals surface area contributed by atoms with Crippen molar-refractivity contribution in [2.24, 2.45) is 0 Å². The number of hydrogen-bond acceptors (Lipinski definition) is 0. The molecule has 0 nitrogen and oxygen atoms in total. The SMILES string of the molecule is CCC[CH]CCC(C)Br. The van der Waals surface area contributed by atoms with Crippen LogP contribution in [0.15, 0.2) is 0 Å². The van der Waals surface area contributed by atoms with Gasteiger partial charge in [0.25, 0.3) is 0 Å². The highest BCUT2D eigenvalue weighted by atomic mass is 79.9. The molecule has 0 aromatic heterocycles. The van der Waals surface area contributed by atoms with Crippen LogP contribution in [0, 0.1) is 6.42 Å². The largest absolute Gasteiger partial charge is 0.0894 e. The molecule has 0 bridgehead atoms. The second-order valence-corrected chi connectivity index (χ2v) is 4.00. The molecule has 1 unspecified atom stereocenters. The zero-order chi connectivity index (χ0) is 7.11. The molecule has 0 rings (SSSR count). The van der Waals surface area contributed by atoms with E-state index in [9.17, 15) is 0 Å². The van der Waals surface area contributed by atoms with Crippen molar-refractivity contribution in [1.82, 2.24) is 0 Å². The maximum absolute atomic E-state index is 3.51. The number of halogens is 1. The van der Waals surface area contributed by atoms with Crippen LogP contribution in [0.1, 0.15) is 39.5 Å². The van der Waals surface area contributed by atoms with Gasteiger partial charge in [0.05, 0.1) is 0 Å². The second kappa shape index (κ2) is 6.60. The lowest BCUT2D eigenvalue weighted by molar-refractivity contribution is 0.753. The Balaban J connectivity index is 2.75. The third-order valence-electron chi connectivity index (χ3n) is 1.26.